The van der Waals surface area contributed by atoms with E-state index in [1.807, 2.05) is 22.7 Å². The zero-order valence-corrected chi connectivity index (χ0v) is 50.0. The van der Waals surface area contributed by atoms with E-state index in [1.165, 1.54) is 259 Å². The first kappa shape index (κ1) is 54.5. The van der Waals surface area contributed by atoms with Crippen LogP contribution >= 0.6 is 22.7 Å². The molecule has 406 valence electrons. The molecule has 2 nitrogen and oxygen atoms in total. The van der Waals surface area contributed by atoms with E-state index in [0.717, 1.165) is 13.1 Å². The van der Waals surface area contributed by atoms with Gasteiger partial charge in [0.1, 0.15) is 0 Å². The molecule has 0 aliphatic heterocycles. The van der Waals surface area contributed by atoms with Crippen molar-refractivity contribution in [2.75, 3.05) is 0 Å². The molecule has 11 rings (SSSR count). The number of aryl methyl sites for hydroxylation is 2. The highest BCUT2D eigenvalue weighted by atomic mass is 32.1. The lowest BCUT2D eigenvalue weighted by molar-refractivity contribution is 0.401. The first-order valence-corrected chi connectivity index (χ1v) is 33.0. The van der Waals surface area contributed by atoms with Gasteiger partial charge in [-0.25, -0.2) is 0 Å². The maximum atomic E-state index is 2.72. The highest BCUT2D eigenvalue weighted by Crippen LogP contribution is 2.47. The molecule has 0 aliphatic rings. The van der Waals surface area contributed by atoms with Gasteiger partial charge < -0.3 is 9.13 Å². The number of unbranched alkanes of at least 4 members (excludes halogenated alkanes) is 12. The molecule has 0 aliphatic carbocycles. The number of aromatic nitrogens is 2. The van der Waals surface area contributed by atoms with Crippen LogP contribution in [0.3, 0.4) is 0 Å². The monoisotopic (exact) mass is 1070 g/mol. The van der Waals surface area contributed by atoms with Crippen LogP contribution in [0, 0.1) is 11.8 Å². The quantitative estimate of drug-likeness (QED) is 0.0433. The molecule has 0 spiro atoms. The summed E-state index contributed by atoms with van der Waals surface area (Å²) in [6.07, 6.45) is 28.5. The Hall–Kier alpha value is -5.42. The van der Waals surface area contributed by atoms with Crippen LogP contribution in [0.15, 0.2) is 121 Å². The van der Waals surface area contributed by atoms with Gasteiger partial charge in [-0.15, -0.1) is 22.7 Å². The smallest absolute Gasteiger partial charge is 0.0498 e. The van der Waals surface area contributed by atoms with Crippen molar-refractivity contribution in [1.29, 1.82) is 0 Å². The van der Waals surface area contributed by atoms with Crippen LogP contribution in [0.2, 0.25) is 0 Å². The molecule has 0 N–H and O–H groups in total. The summed E-state index contributed by atoms with van der Waals surface area (Å²) in [5.41, 5.74) is 13.8. The molecule has 0 saturated carbocycles. The number of nitrogens with zero attached hydrogens (tertiary/aromatic N) is 2. The van der Waals surface area contributed by atoms with Crippen LogP contribution < -0.4 is 0 Å². The van der Waals surface area contributed by atoms with Gasteiger partial charge in [0.25, 0.3) is 0 Å². The Morgan fingerprint density at radius 1 is 0.308 bits per heavy atom. The Kier molecular flexibility index (Phi) is 17.7. The van der Waals surface area contributed by atoms with Crippen LogP contribution in [0.25, 0.3) is 106 Å². The fourth-order valence-corrected chi connectivity index (χ4v) is 15.6. The van der Waals surface area contributed by atoms with Gasteiger partial charge in [0, 0.05) is 97.0 Å². The van der Waals surface area contributed by atoms with Crippen molar-refractivity contribution >= 4 is 107 Å². The summed E-state index contributed by atoms with van der Waals surface area (Å²) in [5, 5.41) is 11.2. The average molecular weight is 1070 g/mol. The van der Waals surface area contributed by atoms with Crippen LogP contribution in [-0.4, -0.2) is 9.13 Å². The van der Waals surface area contributed by atoms with E-state index in [0.29, 0.717) is 11.8 Å². The Bertz CT molecular complexity index is 3530. The predicted molar refractivity (Wildman–Crippen MR) is 350 cm³/mol. The molecule has 78 heavy (non-hydrogen) atoms. The Morgan fingerprint density at radius 3 is 1.03 bits per heavy atom. The second-order valence-electron chi connectivity index (χ2n) is 23.7. The zero-order chi connectivity index (χ0) is 53.5. The van der Waals surface area contributed by atoms with E-state index in [9.17, 15) is 0 Å². The largest absolute Gasteiger partial charge is 0.340 e. The Balaban J connectivity index is 0.963. The molecule has 0 saturated heterocycles. The molecule has 0 amide bonds. The highest BCUT2D eigenvalue weighted by molar-refractivity contribution is 7.27. The molecule has 7 aromatic carbocycles. The maximum absolute atomic E-state index is 2.72. The van der Waals surface area contributed by atoms with Crippen LogP contribution in [0.1, 0.15) is 181 Å². The lowest BCUT2D eigenvalue weighted by Gasteiger charge is -2.18. The van der Waals surface area contributed by atoms with E-state index in [4.69, 9.17) is 0 Å². The summed E-state index contributed by atoms with van der Waals surface area (Å²) < 4.78 is 11.0. The van der Waals surface area contributed by atoms with Gasteiger partial charge >= 0.3 is 0 Å². The molecular formula is C74H88N2S2. The van der Waals surface area contributed by atoms with Crippen molar-refractivity contribution in [1.82, 2.24) is 9.13 Å². The summed E-state index contributed by atoms with van der Waals surface area (Å²) in [6.45, 7) is 16.2. The average Bonchev–Trinajstić information content (AvgIpc) is 4.40. The zero-order valence-electron chi connectivity index (χ0n) is 48.4. The van der Waals surface area contributed by atoms with E-state index >= 15 is 0 Å². The first-order chi connectivity index (χ1) is 38.4. The first-order valence-electron chi connectivity index (χ1n) is 31.3. The Labute approximate surface area is 475 Å². The molecule has 0 bridgehead atoms. The lowest BCUT2D eigenvalue weighted by atomic mass is 9.98. The molecule has 4 heteroatoms. The minimum Gasteiger partial charge on any atom is -0.340 e. The van der Waals surface area contributed by atoms with Gasteiger partial charge in [0.15, 0.2) is 0 Å². The van der Waals surface area contributed by atoms with Crippen LogP contribution in [0.5, 0.6) is 0 Å². The molecule has 11 aromatic rings. The second-order valence-corrected chi connectivity index (χ2v) is 25.9. The molecule has 2 atom stereocenters. The van der Waals surface area contributed by atoms with Crippen molar-refractivity contribution in [3.8, 4) is 22.3 Å². The topological polar surface area (TPSA) is 9.86 Å². The molecule has 0 radical (unpaired) electrons. The summed E-state index contributed by atoms with van der Waals surface area (Å²) >= 11 is 3.98. The molecule has 4 aromatic heterocycles. The van der Waals surface area contributed by atoms with Gasteiger partial charge in [0.05, 0.1) is 0 Å². The third-order valence-electron chi connectivity index (χ3n) is 18.2. The van der Waals surface area contributed by atoms with Crippen molar-refractivity contribution < 1.29 is 0 Å². The number of hydrogen-bond acceptors (Lipinski definition) is 2. The summed E-state index contributed by atoms with van der Waals surface area (Å²) in [6, 6.07) is 49.1. The summed E-state index contributed by atoms with van der Waals surface area (Å²) in [7, 11) is 0. The Morgan fingerprint density at radius 2 is 0.641 bits per heavy atom. The minimum absolute atomic E-state index is 0.647. The van der Waals surface area contributed by atoms with Crippen molar-refractivity contribution in [2.45, 2.75) is 196 Å². The van der Waals surface area contributed by atoms with Crippen LogP contribution in [-0.2, 0) is 25.9 Å². The number of thiophene rings is 2. The van der Waals surface area contributed by atoms with Crippen molar-refractivity contribution in [2.24, 2.45) is 11.8 Å². The van der Waals surface area contributed by atoms with Gasteiger partial charge in [-0.3, -0.25) is 0 Å². The van der Waals surface area contributed by atoms with Gasteiger partial charge in [0.2, 0.25) is 0 Å². The number of benzene rings is 7. The van der Waals surface area contributed by atoms with E-state index in [1.54, 1.807) is 0 Å². The fourth-order valence-electron chi connectivity index (χ4n) is 13.3. The van der Waals surface area contributed by atoms with Crippen molar-refractivity contribution in [3.63, 3.8) is 0 Å². The SMILES string of the molecule is CCCCCCCCc1ccc(-c2ccc3c4cc5sc6cc7c(cc6c5cc4n(CC(CC)CCCC)c3c2)sc2cc3c4ccc(-c5ccc(CCCCCCCC)cc5)cc4n(CC(CC)CCCC)c3cc27)cc1. The van der Waals surface area contributed by atoms with E-state index < -0.39 is 0 Å². The lowest BCUT2D eigenvalue weighted by Crippen LogP contribution is -2.10. The number of rotatable bonds is 28. The molecule has 4 heterocycles. The third kappa shape index (κ3) is 11.5. The third-order valence-corrected chi connectivity index (χ3v) is 20.4. The minimum atomic E-state index is 0.647. The molecular weight excluding hydrogens is 981 g/mol. The predicted octanol–water partition coefficient (Wildman–Crippen LogP) is 24.2. The highest BCUT2D eigenvalue weighted by Gasteiger charge is 2.22. The normalized spacial score (nSPS) is 13.1. The van der Waals surface area contributed by atoms with Crippen LogP contribution in [0.4, 0.5) is 0 Å². The molecule has 2 unspecified atom stereocenters. The summed E-state index contributed by atoms with van der Waals surface area (Å²) in [5.74, 6) is 1.29. The van der Waals surface area contributed by atoms with Crippen molar-refractivity contribution in [3.05, 3.63) is 132 Å². The van der Waals surface area contributed by atoms with E-state index in [2.05, 4.69) is 172 Å². The number of hydrogen-bond donors (Lipinski definition) is 0. The van der Waals surface area contributed by atoms with Gasteiger partial charge in [-0.2, -0.15) is 0 Å². The maximum Gasteiger partial charge on any atom is 0.0498 e. The fraction of sp³-hybridized carbons (Fsp3) is 0.432. The van der Waals surface area contributed by atoms with Gasteiger partial charge in [-0.05, 0) is 132 Å². The van der Waals surface area contributed by atoms with Gasteiger partial charge in [-0.1, -0.05) is 217 Å². The summed E-state index contributed by atoms with van der Waals surface area (Å²) in [4.78, 5) is 0. The van der Waals surface area contributed by atoms with E-state index in [-0.39, 0.29) is 0 Å². The second kappa shape index (κ2) is 25.4. The standard InChI is InChI=1S/C74H88N2S2/c1-7-13-17-19-21-23-27-53-29-33-55(34-30-53)57-37-39-59-61-45-71-63(43-69(61)75(67(59)41-57)49-51(11-5)25-15-9-3)65-47-74-66(48-73(65)77-71)64-44-70-62(46-72(64)78-74)60-40-38-58(42-68(60)76(70)50-52(12-6)26-16-10-4)56-35-31-54(32-36-56)28-24-22-20-18-14-8-2/h29-48,51-52H,7-28,49-50H2,1-6H3. The molecule has 0 fully saturated rings. The number of fused-ring (bicyclic) bond motifs is 12.